The van der Waals surface area contributed by atoms with Crippen LogP contribution in [-0.2, 0) is 0 Å². The van der Waals surface area contributed by atoms with E-state index < -0.39 is 0 Å². The summed E-state index contributed by atoms with van der Waals surface area (Å²) in [6, 6.07) is 15.1. The first kappa shape index (κ1) is 12.5. The fourth-order valence-electron chi connectivity index (χ4n) is 2.34. The van der Waals surface area contributed by atoms with Crippen molar-refractivity contribution in [2.45, 2.75) is 0 Å². The van der Waals surface area contributed by atoms with Crippen molar-refractivity contribution >= 4 is 17.7 Å². The number of carbonyl (C=O) groups excluding carboxylic acids is 1. The Bertz CT molecular complexity index is 659. The zero-order valence-electron chi connectivity index (χ0n) is 11.2. The molecule has 0 fully saturated rings. The summed E-state index contributed by atoms with van der Waals surface area (Å²) in [4.78, 5) is 14.4. The van der Waals surface area contributed by atoms with Crippen LogP contribution in [0.5, 0.6) is 5.75 Å². The maximum absolute atomic E-state index is 12.6. The summed E-state index contributed by atoms with van der Waals surface area (Å²) < 4.78 is 5.11. The topological polar surface area (TPSA) is 29.5 Å². The van der Waals surface area contributed by atoms with Gasteiger partial charge in [-0.1, -0.05) is 30.4 Å². The van der Waals surface area contributed by atoms with Crippen LogP contribution in [-0.4, -0.2) is 19.6 Å². The Kier molecular flexibility index (Phi) is 3.25. The Morgan fingerprint density at radius 3 is 2.60 bits per heavy atom. The predicted molar refractivity (Wildman–Crippen MR) is 80.1 cm³/mol. The van der Waals surface area contributed by atoms with Crippen LogP contribution in [0.3, 0.4) is 0 Å². The average Bonchev–Trinajstić information content (AvgIpc) is 2.54. The zero-order valence-corrected chi connectivity index (χ0v) is 11.2. The van der Waals surface area contributed by atoms with Crippen molar-refractivity contribution in [1.82, 2.24) is 0 Å². The fraction of sp³-hybridized carbons (Fsp3) is 0.118. The van der Waals surface area contributed by atoms with Gasteiger partial charge in [0.2, 0.25) is 0 Å². The molecule has 0 saturated carbocycles. The Morgan fingerprint density at radius 2 is 1.85 bits per heavy atom. The summed E-state index contributed by atoms with van der Waals surface area (Å²) in [5.74, 6) is 0.755. The minimum absolute atomic E-state index is 0.00412. The highest BCUT2D eigenvalue weighted by atomic mass is 16.5. The Balaban J connectivity index is 1.92. The van der Waals surface area contributed by atoms with Gasteiger partial charge < -0.3 is 9.64 Å². The quantitative estimate of drug-likeness (QED) is 0.833. The summed E-state index contributed by atoms with van der Waals surface area (Å²) in [5, 5.41) is 0. The van der Waals surface area contributed by atoms with Crippen molar-refractivity contribution in [3.05, 3.63) is 65.7 Å². The molecule has 0 radical (unpaired) electrons. The van der Waals surface area contributed by atoms with E-state index in [9.17, 15) is 4.79 Å². The molecule has 0 saturated heterocycles. The van der Waals surface area contributed by atoms with Crippen molar-refractivity contribution in [1.29, 1.82) is 0 Å². The Hall–Kier alpha value is -2.55. The maximum atomic E-state index is 12.6. The number of anilines is 1. The lowest BCUT2D eigenvalue weighted by Crippen LogP contribution is -2.32. The van der Waals surface area contributed by atoms with E-state index in [1.54, 1.807) is 36.3 Å². The summed E-state index contributed by atoms with van der Waals surface area (Å²) in [5.41, 5.74) is 2.69. The van der Waals surface area contributed by atoms with Gasteiger partial charge in [0.05, 0.1) is 12.8 Å². The number of para-hydroxylation sites is 1. The number of methoxy groups -OCH3 is 1. The molecule has 2 aromatic carbocycles. The van der Waals surface area contributed by atoms with Gasteiger partial charge in [-0.15, -0.1) is 0 Å². The van der Waals surface area contributed by atoms with E-state index in [2.05, 4.69) is 0 Å². The average molecular weight is 265 g/mol. The molecular formula is C17H15NO2. The van der Waals surface area contributed by atoms with Gasteiger partial charge in [0.25, 0.3) is 5.91 Å². The number of hydrogen-bond acceptors (Lipinski definition) is 2. The number of ether oxygens (including phenoxy) is 1. The van der Waals surface area contributed by atoms with E-state index in [1.165, 1.54) is 0 Å². The molecule has 20 heavy (non-hydrogen) atoms. The first-order chi connectivity index (χ1) is 9.79. The van der Waals surface area contributed by atoms with Crippen LogP contribution in [0.4, 0.5) is 5.69 Å². The first-order valence-corrected chi connectivity index (χ1v) is 6.51. The largest absolute Gasteiger partial charge is 0.497 e. The van der Waals surface area contributed by atoms with E-state index in [-0.39, 0.29) is 5.91 Å². The number of carbonyl (C=O) groups is 1. The molecule has 0 aliphatic carbocycles. The highest BCUT2D eigenvalue weighted by molar-refractivity contribution is 6.08. The molecule has 0 aromatic heterocycles. The van der Waals surface area contributed by atoms with Gasteiger partial charge in [-0.25, -0.2) is 0 Å². The number of hydrogen-bond donors (Lipinski definition) is 0. The zero-order chi connectivity index (χ0) is 13.9. The minimum atomic E-state index is 0.00412. The predicted octanol–water partition coefficient (Wildman–Crippen LogP) is 3.37. The van der Waals surface area contributed by atoms with Crippen molar-refractivity contribution in [2.75, 3.05) is 18.6 Å². The van der Waals surface area contributed by atoms with E-state index in [1.807, 2.05) is 36.4 Å². The molecular weight excluding hydrogens is 250 g/mol. The van der Waals surface area contributed by atoms with Crippen molar-refractivity contribution in [2.24, 2.45) is 0 Å². The molecule has 2 aromatic rings. The smallest absolute Gasteiger partial charge is 0.258 e. The molecule has 100 valence electrons. The van der Waals surface area contributed by atoms with E-state index in [0.717, 1.165) is 17.0 Å². The van der Waals surface area contributed by atoms with Crippen LogP contribution in [0, 0.1) is 0 Å². The highest BCUT2D eigenvalue weighted by Gasteiger charge is 2.20. The third-order valence-corrected chi connectivity index (χ3v) is 3.40. The molecule has 1 amide bonds. The van der Waals surface area contributed by atoms with Gasteiger partial charge in [0.15, 0.2) is 0 Å². The third-order valence-electron chi connectivity index (χ3n) is 3.40. The SMILES string of the molecule is COc1ccc(C(=O)N2CC=Cc3ccccc32)cc1. The van der Waals surface area contributed by atoms with E-state index in [0.29, 0.717) is 12.1 Å². The van der Waals surface area contributed by atoms with Crippen molar-refractivity contribution in [3.8, 4) is 5.75 Å². The molecule has 3 rings (SSSR count). The number of rotatable bonds is 2. The van der Waals surface area contributed by atoms with Crippen LogP contribution in [0.2, 0.25) is 0 Å². The van der Waals surface area contributed by atoms with E-state index in [4.69, 9.17) is 4.74 Å². The van der Waals surface area contributed by atoms with Crippen molar-refractivity contribution < 1.29 is 9.53 Å². The second-order valence-corrected chi connectivity index (χ2v) is 4.61. The Labute approximate surface area is 118 Å². The molecule has 3 heteroatoms. The summed E-state index contributed by atoms with van der Waals surface area (Å²) in [7, 11) is 1.61. The molecule has 0 atom stereocenters. The van der Waals surface area contributed by atoms with Crippen LogP contribution in [0.25, 0.3) is 6.08 Å². The lowest BCUT2D eigenvalue weighted by molar-refractivity contribution is 0.0989. The molecule has 3 nitrogen and oxygen atoms in total. The van der Waals surface area contributed by atoms with Gasteiger partial charge in [-0.3, -0.25) is 4.79 Å². The lowest BCUT2D eigenvalue weighted by Gasteiger charge is -2.26. The van der Waals surface area contributed by atoms with Gasteiger partial charge in [0, 0.05) is 12.1 Å². The molecule has 1 heterocycles. The lowest BCUT2D eigenvalue weighted by atomic mass is 10.1. The number of benzene rings is 2. The van der Waals surface area contributed by atoms with E-state index >= 15 is 0 Å². The summed E-state index contributed by atoms with van der Waals surface area (Å²) in [6.07, 6.45) is 4.05. The molecule has 0 N–H and O–H groups in total. The summed E-state index contributed by atoms with van der Waals surface area (Å²) in [6.45, 7) is 0.599. The van der Waals surface area contributed by atoms with Crippen LogP contribution >= 0.6 is 0 Å². The number of fused-ring (bicyclic) bond motifs is 1. The first-order valence-electron chi connectivity index (χ1n) is 6.51. The summed E-state index contributed by atoms with van der Waals surface area (Å²) >= 11 is 0. The molecule has 0 bridgehead atoms. The highest BCUT2D eigenvalue weighted by Crippen LogP contribution is 2.27. The monoisotopic (exact) mass is 265 g/mol. The molecule has 0 spiro atoms. The molecule has 1 aliphatic rings. The number of amides is 1. The number of nitrogens with zero attached hydrogens (tertiary/aromatic N) is 1. The second kappa shape index (κ2) is 5.21. The van der Waals surface area contributed by atoms with Gasteiger partial charge in [0.1, 0.15) is 5.75 Å². The van der Waals surface area contributed by atoms with Gasteiger partial charge in [-0.05, 0) is 35.9 Å². The van der Waals surface area contributed by atoms with Gasteiger partial charge in [-0.2, -0.15) is 0 Å². The molecule has 1 aliphatic heterocycles. The van der Waals surface area contributed by atoms with Crippen molar-refractivity contribution in [3.63, 3.8) is 0 Å². The molecule has 0 unspecified atom stereocenters. The maximum Gasteiger partial charge on any atom is 0.258 e. The second-order valence-electron chi connectivity index (χ2n) is 4.61. The Morgan fingerprint density at radius 1 is 1.10 bits per heavy atom. The normalized spacial score (nSPS) is 12.9. The standard InChI is InChI=1S/C17H15NO2/c1-20-15-10-8-14(9-11-15)17(19)18-12-4-6-13-5-2-3-7-16(13)18/h2-11H,12H2,1H3. The third kappa shape index (κ3) is 2.18. The van der Waals surface area contributed by atoms with Gasteiger partial charge >= 0.3 is 0 Å². The van der Waals surface area contributed by atoms with Crippen LogP contribution in [0.15, 0.2) is 54.6 Å². The minimum Gasteiger partial charge on any atom is -0.497 e. The van der Waals surface area contributed by atoms with Crippen LogP contribution < -0.4 is 9.64 Å². The fourth-order valence-corrected chi connectivity index (χ4v) is 2.34. The van der Waals surface area contributed by atoms with Crippen LogP contribution in [0.1, 0.15) is 15.9 Å².